The van der Waals surface area contributed by atoms with Crippen molar-refractivity contribution >= 4 is 5.91 Å². The van der Waals surface area contributed by atoms with Gasteiger partial charge in [-0.3, -0.25) is 9.69 Å². The molecule has 2 fully saturated rings. The van der Waals surface area contributed by atoms with Gasteiger partial charge in [-0.25, -0.2) is 0 Å². The molecule has 1 N–H and O–H groups in total. The molecule has 1 aromatic rings. The molecule has 3 rings (SSSR count). The van der Waals surface area contributed by atoms with Crippen molar-refractivity contribution in [1.82, 2.24) is 20.4 Å². The van der Waals surface area contributed by atoms with Crippen LogP contribution in [0.5, 0.6) is 0 Å². The molecular formula is C13H20N4O2. The second-order valence-corrected chi connectivity index (χ2v) is 5.59. The van der Waals surface area contributed by atoms with E-state index in [9.17, 15) is 4.79 Å². The van der Waals surface area contributed by atoms with Crippen molar-refractivity contribution in [2.75, 3.05) is 13.1 Å². The highest BCUT2D eigenvalue weighted by atomic mass is 16.5. The summed E-state index contributed by atoms with van der Waals surface area (Å²) in [4.78, 5) is 18.5. The van der Waals surface area contributed by atoms with Gasteiger partial charge in [0.2, 0.25) is 11.8 Å². The average molecular weight is 264 g/mol. The summed E-state index contributed by atoms with van der Waals surface area (Å²) in [6, 6.07) is 0.446. The summed E-state index contributed by atoms with van der Waals surface area (Å²) in [7, 11) is 0. The van der Waals surface area contributed by atoms with Gasteiger partial charge in [-0.1, -0.05) is 5.16 Å². The van der Waals surface area contributed by atoms with E-state index in [2.05, 4.69) is 20.4 Å². The molecule has 2 heterocycles. The van der Waals surface area contributed by atoms with Gasteiger partial charge in [0.1, 0.15) is 0 Å². The van der Waals surface area contributed by atoms with Gasteiger partial charge in [-0.05, 0) is 39.2 Å². The average Bonchev–Trinajstić information content (AvgIpc) is 3.12. The molecule has 104 valence electrons. The molecule has 19 heavy (non-hydrogen) atoms. The van der Waals surface area contributed by atoms with E-state index in [1.165, 1.54) is 0 Å². The molecule has 0 bridgehead atoms. The number of aromatic nitrogens is 2. The van der Waals surface area contributed by atoms with Gasteiger partial charge in [0.15, 0.2) is 5.82 Å². The van der Waals surface area contributed by atoms with Crippen LogP contribution < -0.4 is 5.32 Å². The third-order valence-corrected chi connectivity index (χ3v) is 3.73. The molecule has 6 heteroatoms. The van der Waals surface area contributed by atoms with Gasteiger partial charge in [0.25, 0.3) is 0 Å². The van der Waals surface area contributed by atoms with E-state index in [1.54, 1.807) is 0 Å². The van der Waals surface area contributed by atoms with Gasteiger partial charge in [-0.2, -0.15) is 4.98 Å². The van der Waals surface area contributed by atoms with Crippen molar-refractivity contribution < 1.29 is 9.32 Å². The molecule has 1 aromatic heterocycles. The molecule has 1 saturated heterocycles. The summed E-state index contributed by atoms with van der Waals surface area (Å²) >= 11 is 0. The van der Waals surface area contributed by atoms with Gasteiger partial charge in [0.05, 0.1) is 12.5 Å². The number of rotatable bonds is 4. The Morgan fingerprint density at radius 3 is 3.00 bits per heavy atom. The van der Waals surface area contributed by atoms with Gasteiger partial charge >= 0.3 is 0 Å². The smallest absolute Gasteiger partial charge is 0.240 e. The molecule has 1 amide bonds. The van der Waals surface area contributed by atoms with Crippen LogP contribution in [0.1, 0.15) is 37.4 Å². The van der Waals surface area contributed by atoms with E-state index >= 15 is 0 Å². The van der Waals surface area contributed by atoms with E-state index < -0.39 is 0 Å². The molecule has 1 aliphatic heterocycles. The number of carbonyl (C=O) groups excluding carboxylic acids is 1. The first-order valence-electron chi connectivity index (χ1n) is 7.02. The Bertz CT molecular complexity index is 455. The van der Waals surface area contributed by atoms with Crippen molar-refractivity contribution in [1.29, 1.82) is 0 Å². The number of likely N-dealkylation sites (tertiary alicyclic amines) is 1. The molecule has 0 spiro atoms. The van der Waals surface area contributed by atoms with E-state index in [4.69, 9.17) is 4.52 Å². The fourth-order valence-electron chi connectivity index (χ4n) is 2.56. The van der Waals surface area contributed by atoms with Crippen molar-refractivity contribution in [2.45, 2.75) is 45.2 Å². The molecule has 1 aliphatic carbocycles. The topological polar surface area (TPSA) is 71.3 Å². The largest absolute Gasteiger partial charge is 0.353 e. The van der Waals surface area contributed by atoms with Crippen LogP contribution in [0.3, 0.4) is 0 Å². The number of hydrogen-bond donors (Lipinski definition) is 1. The minimum absolute atomic E-state index is 0.110. The second-order valence-electron chi connectivity index (χ2n) is 5.59. The number of amides is 1. The monoisotopic (exact) mass is 264 g/mol. The van der Waals surface area contributed by atoms with Crippen molar-refractivity contribution in [3.8, 4) is 0 Å². The number of nitrogens with zero attached hydrogens (tertiary/aromatic N) is 3. The molecule has 2 aliphatic rings. The second kappa shape index (κ2) is 5.28. The van der Waals surface area contributed by atoms with Crippen LogP contribution in [0.15, 0.2) is 4.52 Å². The summed E-state index contributed by atoms with van der Waals surface area (Å²) in [6.45, 7) is 4.25. The number of nitrogens with one attached hydrogen (secondary N) is 1. The quantitative estimate of drug-likeness (QED) is 0.873. The third kappa shape index (κ3) is 3.32. The minimum Gasteiger partial charge on any atom is -0.353 e. The van der Waals surface area contributed by atoms with Crippen LogP contribution in [0.25, 0.3) is 0 Å². The molecule has 0 radical (unpaired) electrons. The minimum atomic E-state index is 0.110. The molecule has 1 saturated carbocycles. The fourth-order valence-corrected chi connectivity index (χ4v) is 2.56. The van der Waals surface area contributed by atoms with E-state index in [-0.39, 0.29) is 11.8 Å². The third-order valence-electron chi connectivity index (χ3n) is 3.73. The Hall–Kier alpha value is -1.43. The lowest BCUT2D eigenvalue weighted by atomic mass is 9.97. The Kier molecular flexibility index (Phi) is 3.50. The van der Waals surface area contributed by atoms with Crippen molar-refractivity contribution in [3.05, 3.63) is 11.7 Å². The zero-order chi connectivity index (χ0) is 13.2. The first-order valence-corrected chi connectivity index (χ1v) is 7.02. The van der Waals surface area contributed by atoms with Crippen molar-refractivity contribution in [2.24, 2.45) is 5.92 Å². The number of carbonyl (C=O) groups is 1. The zero-order valence-electron chi connectivity index (χ0n) is 11.3. The summed E-state index contributed by atoms with van der Waals surface area (Å²) in [5.41, 5.74) is 0. The lowest BCUT2D eigenvalue weighted by molar-refractivity contribution is -0.127. The van der Waals surface area contributed by atoms with Gasteiger partial charge in [0, 0.05) is 12.6 Å². The SMILES string of the molecule is Cc1noc(CN2CCCC(C(=O)NC3CC3)C2)n1. The van der Waals surface area contributed by atoms with Crippen molar-refractivity contribution in [3.63, 3.8) is 0 Å². The Morgan fingerprint density at radius 2 is 2.32 bits per heavy atom. The maximum atomic E-state index is 12.1. The van der Waals surface area contributed by atoms with Crippen LogP contribution >= 0.6 is 0 Å². The highest BCUT2D eigenvalue weighted by molar-refractivity contribution is 5.79. The summed E-state index contributed by atoms with van der Waals surface area (Å²) in [6.07, 6.45) is 4.32. The Labute approximate surface area is 112 Å². The Balaban J connectivity index is 1.53. The summed E-state index contributed by atoms with van der Waals surface area (Å²) < 4.78 is 5.13. The number of piperidine rings is 1. The maximum Gasteiger partial charge on any atom is 0.240 e. The van der Waals surface area contributed by atoms with E-state index in [0.717, 1.165) is 38.8 Å². The Morgan fingerprint density at radius 1 is 1.47 bits per heavy atom. The van der Waals surface area contributed by atoms with E-state index in [0.29, 0.717) is 24.3 Å². The van der Waals surface area contributed by atoms with Gasteiger partial charge < -0.3 is 9.84 Å². The van der Waals surface area contributed by atoms with Crippen LogP contribution in [0.4, 0.5) is 0 Å². The zero-order valence-corrected chi connectivity index (χ0v) is 11.3. The first kappa shape index (κ1) is 12.6. The fraction of sp³-hybridized carbons (Fsp3) is 0.769. The van der Waals surface area contributed by atoms with Crippen LogP contribution in [-0.4, -0.2) is 40.1 Å². The maximum absolute atomic E-state index is 12.1. The molecule has 0 aromatic carbocycles. The molecule has 6 nitrogen and oxygen atoms in total. The number of hydrogen-bond acceptors (Lipinski definition) is 5. The normalized spacial score (nSPS) is 24.4. The lowest BCUT2D eigenvalue weighted by Gasteiger charge is -2.30. The lowest BCUT2D eigenvalue weighted by Crippen LogP contribution is -2.43. The summed E-state index contributed by atoms with van der Waals surface area (Å²) in [5.74, 6) is 1.63. The van der Waals surface area contributed by atoms with E-state index in [1.807, 2.05) is 6.92 Å². The molecule has 1 unspecified atom stereocenters. The highest BCUT2D eigenvalue weighted by Gasteiger charge is 2.30. The predicted molar refractivity (Wildman–Crippen MR) is 68.2 cm³/mol. The summed E-state index contributed by atoms with van der Waals surface area (Å²) in [5, 5.41) is 6.89. The number of aryl methyl sites for hydroxylation is 1. The molecule has 1 atom stereocenters. The highest BCUT2D eigenvalue weighted by Crippen LogP contribution is 2.22. The van der Waals surface area contributed by atoms with Crippen LogP contribution in [0, 0.1) is 12.8 Å². The van der Waals surface area contributed by atoms with Gasteiger partial charge in [-0.15, -0.1) is 0 Å². The van der Waals surface area contributed by atoms with Crippen LogP contribution in [0.2, 0.25) is 0 Å². The molecular weight excluding hydrogens is 244 g/mol. The first-order chi connectivity index (χ1) is 9.20. The predicted octanol–water partition coefficient (Wildman–Crippen LogP) is 0.869. The standard InChI is InChI=1S/C13H20N4O2/c1-9-14-12(19-16-9)8-17-6-2-3-10(7-17)13(18)15-11-4-5-11/h10-11H,2-8H2,1H3,(H,15,18). The van der Waals surface area contributed by atoms with Crippen LogP contribution in [-0.2, 0) is 11.3 Å².